The highest BCUT2D eigenvalue weighted by atomic mass is 16.2. The van der Waals surface area contributed by atoms with E-state index in [-0.39, 0.29) is 18.5 Å². The molecule has 0 fully saturated rings. The van der Waals surface area contributed by atoms with E-state index in [1.807, 2.05) is 0 Å². The third-order valence-electron chi connectivity index (χ3n) is 4.58. The molecule has 0 bridgehead atoms. The number of hydrogen-bond donors (Lipinski definition) is 1. The zero-order valence-electron chi connectivity index (χ0n) is 14.2. The quantitative estimate of drug-likeness (QED) is 0.939. The monoisotopic (exact) mass is 325 g/mol. The number of carbonyl (C=O) groups is 1. The molecule has 126 valence electrons. The molecule has 1 heterocycles. The minimum atomic E-state index is -0.404. The van der Waals surface area contributed by atoms with Gasteiger partial charge in [0.2, 0.25) is 5.91 Å². The molecule has 0 radical (unpaired) electrons. The first kappa shape index (κ1) is 16.4. The van der Waals surface area contributed by atoms with Crippen LogP contribution in [0.1, 0.15) is 55.3 Å². The molecule has 1 aromatic heterocycles. The van der Waals surface area contributed by atoms with Crippen molar-refractivity contribution in [3.8, 4) is 0 Å². The second-order valence-corrected chi connectivity index (χ2v) is 6.66. The number of aryl methyl sites for hydroxylation is 1. The number of amides is 1. The summed E-state index contributed by atoms with van der Waals surface area (Å²) < 4.78 is 1.32. The molecule has 1 N–H and O–H groups in total. The van der Waals surface area contributed by atoms with Gasteiger partial charge in [0.05, 0.1) is 6.04 Å². The van der Waals surface area contributed by atoms with E-state index in [2.05, 4.69) is 42.3 Å². The van der Waals surface area contributed by atoms with Crippen LogP contribution in [0, 0.1) is 0 Å². The molecule has 0 aliphatic heterocycles. The van der Waals surface area contributed by atoms with Gasteiger partial charge in [0.1, 0.15) is 6.54 Å². The molecule has 0 saturated carbocycles. The van der Waals surface area contributed by atoms with Crippen LogP contribution in [0.25, 0.3) is 0 Å². The predicted molar refractivity (Wildman–Crippen MR) is 92.8 cm³/mol. The van der Waals surface area contributed by atoms with Crippen molar-refractivity contribution in [3.63, 3.8) is 0 Å². The molecule has 0 spiro atoms. The summed E-state index contributed by atoms with van der Waals surface area (Å²) in [5, 5.41) is 3.09. The Bertz CT molecular complexity index is 795. The Kier molecular flexibility index (Phi) is 4.79. The van der Waals surface area contributed by atoms with Crippen LogP contribution in [-0.4, -0.2) is 15.5 Å². The molecule has 1 aliphatic rings. The van der Waals surface area contributed by atoms with Crippen molar-refractivity contribution < 1.29 is 4.79 Å². The van der Waals surface area contributed by atoms with E-state index in [1.54, 1.807) is 12.3 Å². The topological polar surface area (TPSA) is 64.0 Å². The van der Waals surface area contributed by atoms with Crippen LogP contribution in [0.4, 0.5) is 0 Å². The largest absolute Gasteiger partial charge is 0.348 e. The van der Waals surface area contributed by atoms with Crippen molar-refractivity contribution in [1.29, 1.82) is 0 Å². The van der Waals surface area contributed by atoms with Crippen molar-refractivity contribution in [3.05, 3.63) is 63.8 Å². The summed E-state index contributed by atoms with van der Waals surface area (Å²) in [5.74, 6) is 0.306. The normalized spacial score (nSPS) is 16.7. The fraction of sp³-hybridized carbons (Fsp3) is 0.421. The molecule has 1 aromatic carbocycles. The van der Waals surface area contributed by atoms with Gasteiger partial charge in [-0.2, -0.15) is 0 Å². The van der Waals surface area contributed by atoms with Gasteiger partial charge < -0.3 is 5.32 Å². The van der Waals surface area contributed by atoms with Crippen molar-refractivity contribution in [2.24, 2.45) is 0 Å². The summed E-state index contributed by atoms with van der Waals surface area (Å²) in [4.78, 5) is 27.7. The van der Waals surface area contributed by atoms with Crippen LogP contribution in [-0.2, 0) is 17.8 Å². The molecular formula is C19H23N3O2. The first-order valence-electron chi connectivity index (χ1n) is 8.48. The van der Waals surface area contributed by atoms with Gasteiger partial charge in [-0.1, -0.05) is 32.0 Å². The Hall–Kier alpha value is -2.43. The highest BCUT2D eigenvalue weighted by Crippen LogP contribution is 2.32. The Morgan fingerprint density at radius 3 is 3.00 bits per heavy atom. The lowest BCUT2D eigenvalue weighted by molar-refractivity contribution is -0.122. The Balaban J connectivity index is 1.77. The van der Waals surface area contributed by atoms with Crippen LogP contribution in [0.15, 0.2) is 41.5 Å². The smallest absolute Gasteiger partial charge is 0.347 e. The van der Waals surface area contributed by atoms with Crippen molar-refractivity contribution in [1.82, 2.24) is 14.9 Å². The number of hydrogen-bond acceptors (Lipinski definition) is 3. The van der Waals surface area contributed by atoms with E-state index in [4.69, 9.17) is 0 Å². The number of nitrogens with zero attached hydrogens (tertiary/aromatic N) is 2. The van der Waals surface area contributed by atoms with Gasteiger partial charge in [0, 0.05) is 12.4 Å². The molecule has 1 amide bonds. The Labute approximate surface area is 141 Å². The van der Waals surface area contributed by atoms with Crippen LogP contribution in [0.5, 0.6) is 0 Å². The van der Waals surface area contributed by atoms with Crippen molar-refractivity contribution >= 4 is 5.91 Å². The van der Waals surface area contributed by atoms with Gasteiger partial charge in [-0.15, -0.1) is 0 Å². The van der Waals surface area contributed by atoms with Gasteiger partial charge in [-0.05, 0) is 47.9 Å². The van der Waals surface area contributed by atoms with Crippen molar-refractivity contribution in [2.45, 2.75) is 51.6 Å². The maximum Gasteiger partial charge on any atom is 0.347 e. The number of aromatic nitrogens is 2. The number of carbonyl (C=O) groups excluding carboxylic acids is 1. The van der Waals surface area contributed by atoms with Gasteiger partial charge in [-0.3, -0.25) is 9.36 Å². The summed E-state index contributed by atoms with van der Waals surface area (Å²) >= 11 is 0. The fourth-order valence-corrected chi connectivity index (χ4v) is 3.23. The lowest BCUT2D eigenvalue weighted by Crippen LogP contribution is -2.36. The highest BCUT2D eigenvalue weighted by molar-refractivity contribution is 5.76. The fourth-order valence-electron chi connectivity index (χ4n) is 3.23. The maximum atomic E-state index is 12.4. The molecule has 5 nitrogen and oxygen atoms in total. The Morgan fingerprint density at radius 2 is 2.25 bits per heavy atom. The zero-order valence-corrected chi connectivity index (χ0v) is 14.2. The molecule has 0 saturated heterocycles. The summed E-state index contributed by atoms with van der Waals surface area (Å²) in [7, 11) is 0. The van der Waals surface area contributed by atoms with Crippen molar-refractivity contribution in [2.75, 3.05) is 0 Å². The lowest BCUT2D eigenvalue weighted by Gasteiger charge is -2.27. The SMILES string of the molecule is CC(C)c1ccc2c(c1)[C@@H](NC(=O)Cn1cccnc1=O)CCC2. The summed E-state index contributed by atoms with van der Waals surface area (Å²) in [6.45, 7) is 4.35. The molecule has 1 atom stereocenters. The minimum absolute atomic E-state index is 0.00236. The van der Waals surface area contributed by atoms with Gasteiger partial charge in [0.15, 0.2) is 0 Å². The number of fused-ring (bicyclic) bond motifs is 1. The third kappa shape index (κ3) is 3.55. The van der Waals surface area contributed by atoms with E-state index in [0.29, 0.717) is 5.92 Å². The predicted octanol–water partition coefficient (Wildman–Crippen LogP) is 2.56. The summed E-state index contributed by atoms with van der Waals surface area (Å²) in [6, 6.07) is 8.27. The van der Waals surface area contributed by atoms with E-state index >= 15 is 0 Å². The molecule has 1 aliphatic carbocycles. The summed E-state index contributed by atoms with van der Waals surface area (Å²) in [5.41, 5.74) is 3.42. The van der Waals surface area contributed by atoms with Crippen LogP contribution in [0.3, 0.4) is 0 Å². The first-order valence-corrected chi connectivity index (χ1v) is 8.48. The average molecular weight is 325 g/mol. The van der Waals surface area contributed by atoms with Crippen LogP contribution < -0.4 is 11.0 Å². The standard InChI is InChI=1S/C19H23N3O2/c1-13(2)15-8-7-14-5-3-6-17(16(14)11-15)21-18(23)12-22-10-4-9-20-19(22)24/h4,7-11,13,17H,3,5-6,12H2,1-2H3,(H,21,23)/t17-/m0/s1. The second-order valence-electron chi connectivity index (χ2n) is 6.66. The first-order chi connectivity index (χ1) is 11.5. The summed E-state index contributed by atoms with van der Waals surface area (Å²) in [6.07, 6.45) is 6.07. The van der Waals surface area contributed by atoms with E-state index in [1.165, 1.54) is 27.5 Å². The number of nitrogens with one attached hydrogen (secondary N) is 1. The maximum absolute atomic E-state index is 12.4. The van der Waals surface area contributed by atoms with E-state index in [0.717, 1.165) is 19.3 Å². The molecule has 5 heteroatoms. The lowest BCUT2D eigenvalue weighted by atomic mass is 9.85. The molecular weight excluding hydrogens is 302 g/mol. The van der Waals surface area contributed by atoms with Gasteiger partial charge in [-0.25, -0.2) is 9.78 Å². The Morgan fingerprint density at radius 1 is 1.42 bits per heavy atom. The zero-order chi connectivity index (χ0) is 17.1. The average Bonchev–Trinajstić information content (AvgIpc) is 2.57. The second kappa shape index (κ2) is 6.99. The van der Waals surface area contributed by atoms with E-state index in [9.17, 15) is 9.59 Å². The van der Waals surface area contributed by atoms with E-state index < -0.39 is 5.69 Å². The third-order valence-corrected chi connectivity index (χ3v) is 4.58. The van der Waals surface area contributed by atoms with Gasteiger partial charge in [0.25, 0.3) is 0 Å². The molecule has 24 heavy (non-hydrogen) atoms. The van der Waals surface area contributed by atoms with Crippen LogP contribution >= 0.6 is 0 Å². The molecule has 3 rings (SSSR count). The minimum Gasteiger partial charge on any atom is -0.348 e. The number of benzene rings is 1. The molecule has 0 unspecified atom stereocenters. The molecule has 2 aromatic rings. The highest BCUT2D eigenvalue weighted by Gasteiger charge is 2.22. The van der Waals surface area contributed by atoms with Gasteiger partial charge >= 0.3 is 5.69 Å². The number of rotatable bonds is 4. The van der Waals surface area contributed by atoms with Crippen LogP contribution in [0.2, 0.25) is 0 Å².